The Balaban J connectivity index is -0.000000333. The lowest BCUT2D eigenvalue weighted by Gasteiger charge is -1.96. The SMILES string of the molecule is CCCc1ccc([S])cc1.F.F.F. The first kappa shape index (κ1) is 18.1. The predicted octanol–water partition coefficient (Wildman–Crippen LogP) is 3.65. The Labute approximate surface area is 81.9 Å². The third-order valence-electron chi connectivity index (χ3n) is 1.46. The smallest absolute Gasteiger partial charge is 0.0377 e. The van der Waals surface area contributed by atoms with Crippen molar-refractivity contribution < 1.29 is 14.1 Å². The van der Waals surface area contributed by atoms with E-state index in [4.69, 9.17) is 12.6 Å². The van der Waals surface area contributed by atoms with Crippen LogP contribution in [0.2, 0.25) is 0 Å². The summed E-state index contributed by atoms with van der Waals surface area (Å²) in [5.41, 5.74) is 1.39. The number of rotatable bonds is 2. The molecule has 0 N–H and O–H groups in total. The molecule has 0 fully saturated rings. The summed E-state index contributed by atoms with van der Waals surface area (Å²) in [6.07, 6.45) is 2.37. The second-order valence-corrected chi connectivity index (χ2v) is 2.87. The van der Waals surface area contributed by atoms with Crippen molar-refractivity contribution in [2.24, 2.45) is 0 Å². The fraction of sp³-hybridized carbons (Fsp3) is 0.333. The second-order valence-electron chi connectivity index (χ2n) is 2.39. The zero-order chi connectivity index (χ0) is 7.40. The Hall–Kier alpha value is -0.770. The number of aryl methyl sites for hydroxylation is 1. The molecule has 0 spiro atoms. The Morgan fingerprint density at radius 2 is 1.46 bits per heavy atom. The lowest BCUT2D eigenvalue weighted by atomic mass is 10.1. The molecule has 0 atom stereocenters. The van der Waals surface area contributed by atoms with E-state index < -0.39 is 0 Å². The van der Waals surface area contributed by atoms with Crippen LogP contribution in [0.15, 0.2) is 29.2 Å². The fourth-order valence-electron chi connectivity index (χ4n) is 0.945. The monoisotopic (exact) mass is 211 g/mol. The number of halogens is 3. The van der Waals surface area contributed by atoms with E-state index in [1.807, 2.05) is 12.1 Å². The van der Waals surface area contributed by atoms with Crippen LogP contribution < -0.4 is 0 Å². The second kappa shape index (κ2) is 9.32. The van der Waals surface area contributed by atoms with Gasteiger partial charge in [0, 0.05) is 4.90 Å². The van der Waals surface area contributed by atoms with E-state index in [0.29, 0.717) is 0 Å². The van der Waals surface area contributed by atoms with Gasteiger partial charge in [0.2, 0.25) is 0 Å². The van der Waals surface area contributed by atoms with Gasteiger partial charge in [0.25, 0.3) is 0 Å². The Morgan fingerprint density at radius 3 is 1.85 bits per heavy atom. The van der Waals surface area contributed by atoms with Gasteiger partial charge >= 0.3 is 0 Å². The summed E-state index contributed by atoms with van der Waals surface area (Å²) in [6.45, 7) is 2.18. The molecule has 0 aromatic heterocycles. The van der Waals surface area contributed by atoms with Crippen LogP contribution in [0.4, 0.5) is 14.1 Å². The molecule has 77 valence electrons. The highest BCUT2D eigenvalue weighted by Crippen LogP contribution is 2.08. The van der Waals surface area contributed by atoms with Crippen LogP contribution >= 0.6 is 12.6 Å². The molecule has 0 aliphatic heterocycles. The molecule has 0 saturated carbocycles. The van der Waals surface area contributed by atoms with Gasteiger partial charge in [0.1, 0.15) is 0 Å². The molecule has 0 aliphatic rings. The van der Waals surface area contributed by atoms with Gasteiger partial charge in [-0.3, -0.25) is 14.1 Å². The summed E-state index contributed by atoms with van der Waals surface area (Å²) in [7, 11) is 0. The summed E-state index contributed by atoms with van der Waals surface area (Å²) in [6, 6.07) is 8.18. The number of hydrogen-bond acceptors (Lipinski definition) is 0. The average Bonchev–Trinajstić information content (AvgIpc) is 1.95. The lowest BCUT2D eigenvalue weighted by molar-refractivity contribution is 0.920. The molecule has 1 rings (SSSR count). The zero-order valence-corrected chi connectivity index (χ0v) is 8.17. The van der Waals surface area contributed by atoms with Crippen molar-refractivity contribution in [3.63, 3.8) is 0 Å². The molecule has 0 bridgehead atoms. The Bertz CT molecular complexity index is 199. The van der Waals surface area contributed by atoms with Crippen LogP contribution in [0.5, 0.6) is 0 Å². The first-order chi connectivity index (χ1) is 4.83. The largest absolute Gasteiger partial charge is 0.269 e. The fourth-order valence-corrected chi connectivity index (χ4v) is 1.08. The standard InChI is InChI=1S/C9H11S.3FH/c1-2-3-8-4-6-9(10)7-5-8;;;/h4-7H,2-3H2,1H3;3*1H. The molecule has 0 aliphatic carbocycles. The molecule has 1 radical (unpaired) electrons. The van der Waals surface area contributed by atoms with E-state index in [9.17, 15) is 0 Å². The normalized spacial score (nSPS) is 7.46. The van der Waals surface area contributed by atoms with Crippen molar-refractivity contribution in [1.29, 1.82) is 0 Å². The van der Waals surface area contributed by atoms with E-state index in [2.05, 4.69) is 19.1 Å². The molecule has 13 heavy (non-hydrogen) atoms. The summed E-state index contributed by atoms with van der Waals surface area (Å²) >= 11 is 4.96. The highest BCUT2D eigenvalue weighted by Gasteiger charge is 1.89. The van der Waals surface area contributed by atoms with E-state index in [1.54, 1.807) is 0 Å². The topological polar surface area (TPSA) is 0 Å². The van der Waals surface area contributed by atoms with Gasteiger partial charge in [0.15, 0.2) is 0 Å². The van der Waals surface area contributed by atoms with Crippen molar-refractivity contribution >= 4 is 12.6 Å². The maximum absolute atomic E-state index is 4.96. The highest BCUT2D eigenvalue weighted by atomic mass is 32.1. The maximum Gasteiger partial charge on any atom is 0.0377 e. The van der Waals surface area contributed by atoms with Crippen LogP contribution in [-0.2, 0) is 6.42 Å². The molecule has 1 aromatic rings. The third-order valence-corrected chi connectivity index (χ3v) is 1.73. The van der Waals surface area contributed by atoms with Gasteiger partial charge in [-0.1, -0.05) is 38.1 Å². The van der Waals surface area contributed by atoms with Crippen LogP contribution in [0.3, 0.4) is 0 Å². The van der Waals surface area contributed by atoms with E-state index in [-0.39, 0.29) is 14.1 Å². The molecule has 0 nitrogen and oxygen atoms in total. The van der Waals surface area contributed by atoms with Crippen molar-refractivity contribution in [1.82, 2.24) is 0 Å². The van der Waals surface area contributed by atoms with Gasteiger partial charge in [0.05, 0.1) is 0 Å². The molecule has 4 heteroatoms. The molecular formula is C9H14F3S. The first-order valence-corrected chi connectivity index (χ1v) is 3.99. The summed E-state index contributed by atoms with van der Waals surface area (Å²) in [5.74, 6) is 0. The Morgan fingerprint density at radius 1 is 1.00 bits per heavy atom. The molecule has 1 aromatic carbocycles. The highest BCUT2D eigenvalue weighted by molar-refractivity contribution is 7.80. The molecule has 0 unspecified atom stereocenters. The van der Waals surface area contributed by atoms with Gasteiger partial charge in [-0.25, -0.2) is 0 Å². The first-order valence-electron chi connectivity index (χ1n) is 3.59. The van der Waals surface area contributed by atoms with Crippen molar-refractivity contribution in [3.05, 3.63) is 29.8 Å². The number of benzene rings is 1. The van der Waals surface area contributed by atoms with Gasteiger partial charge < -0.3 is 0 Å². The van der Waals surface area contributed by atoms with Gasteiger partial charge in [-0.05, 0) is 24.1 Å². The molecule has 0 saturated heterocycles. The van der Waals surface area contributed by atoms with Crippen molar-refractivity contribution in [2.45, 2.75) is 24.7 Å². The quantitative estimate of drug-likeness (QED) is 0.700. The summed E-state index contributed by atoms with van der Waals surface area (Å²) in [4.78, 5) is 0.930. The molecular weight excluding hydrogens is 197 g/mol. The predicted molar refractivity (Wildman–Crippen MR) is 53.8 cm³/mol. The third kappa shape index (κ3) is 6.40. The zero-order valence-electron chi connectivity index (χ0n) is 7.36. The molecule has 0 heterocycles. The summed E-state index contributed by atoms with van der Waals surface area (Å²) in [5, 5.41) is 0. The minimum atomic E-state index is 0. The Kier molecular flexibility index (Phi) is 13.0. The van der Waals surface area contributed by atoms with Gasteiger partial charge in [-0.15, -0.1) is 0 Å². The minimum absolute atomic E-state index is 0. The van der Waals surface area contributed by atoms with E-state index in [1.165, 1.54) is 12.0 Å². The van der Waals surface area contributed by atoms with Crippen molar-refractivity contribution in [2.75, 3.05) is 0 Å². The lowest BCUT2D eigenvalue weighted by Crippen LogP contribution is -1.80. The van der Waals surface area contributed by atoms with E-state index >= 15 is 0 Å². The van der Waals surface area contributed by atoms with Crippen LogP contribution in [0, 0.1) is 0 Å². The summed E-state index contributed by atoms with van der Waals surface area (Å²) < 4.78 is 0. The van der Waals surface area contributed by atoms with Crippen LogP contribution in [-0.4, -0.2) is 0 Å². The van der Waals surface area contributed by atoms with E-state index in [0.717, 1.165) is 11.3 Å². The maximum atomic E-state index is 4.96. The van der Waals surface area contributed by atoms with Crippen LogP contribution in [0.25, 0.3) is 0 Å². The van der Waals surface area contributed by atoms with Crippen molar-refractivity contribution in [3.8, 4) is 0 Å². The van der Waals surface area contributed by atoms with Gasteiger partial charge in [-0.2, -0.15) is 0 Å². The minimum Gasteiger partial charge on any atom is -0.269 e. The van der Waals surface area contributed by atoms with Crippen LogP contribution in [0.1, 0.15) is 18.9 Å². The average molecular weight is 211 g/mol. The number of hydrogen-bond donors (Lipinski definition) is 0. The molecule has 0 amide bonds.